The normalized spacial score (nSPS) is 16.2. The zero-order valence-electron chi connectivity index (χ0n) is 16.9. The van der Waals surface area contributed by atoms with Crippen LogP contribution in [0.2, 0.25) is 0 Å². The molecule has 0 atom stereocenters. The molecule has 2 N–H and O–H groups in total. The summed E-state index contributed by atoms with van der Waals surface area (Å²) in [6.45, 7) is 8.21. The van der Waals surface area contributed by atoms with Gasteiger partial charge in [0.25, 0.3) is 0 Å². The molecule has 0 radical (unpaired) electrons. The van der Waals surface area contributed by atoms with Gasteiger partial charge in [0, 0.05) is 24.0 Å². The van der Waals surface area contributed by atoms with Crippen LogP contribution >= 0.6 is 0 Å². The average Bonchev–Trinajstić information content (AvgIpc) is 3.15. The minimum Gasteiger partial charge on any atom is -0.490 e. The molecule has 2 aliphatic heterocycles. The van der Waals surface area contributed by atoms with Gasteiger partial charge in [0.15, 0.2) is 11.5 Å². The fourth-order valence-corrected chi connectivity index (χ4v) is 3.30. The van der Waals surface area contributed by atoms with Crippen LogP contribution in [0, 0.1) is 5.41 Å². The van der Waals surface area contributed by atoms with Gasteiger partial charge in [-0.1, -0.05) is 6.08 Å². The number of amides is 3. The molecule has 0 unspecified atom stereocenters. The third kappa shape index (κ3) is 3.76. The van der Waals surface area contributed by atoms with Crippen LogP contribution in [-0.2, 0) is 4.79 Å². The highest BCUT2D eigenvalue weighted by atomic mass is 16.7. The van der Waals surface area contributed by atoms with E-state index in [4.69, 9.17) is 14.2 Å². The second-order valence-corrected chi connectivity index (χ2v) is 7.71. The highest BCUT2D eigenvalue weighted by Gasteiger charge is 2.37. The van der Waals surface area contributed by atoms with Gasteiger partial charge in [-0.3, -0.25) is 4.79 Å². The average molecular weight is 409 g/mol. The summed E-state index contributed by atoms with van der Waals surface area (Å²) in [4.78, 5) is 27.1. The SMILES string of the molecule is C=CCN1C(=O)C(C)(C)COc2ccc(NC(=O)Nc3ccc4c(c3)OCO4)cc21. The first-order chi connectivity index (χ1) is 14.4. The summed E-state index contributed by atoms with van der Waals surface area (Å²) in [5.41, 5.74) is 1.01. The first-order valence-electron chi connectivity index (χ1n) is 9.55. The number of carbonyl (C=O) groups excluding carboxylic acids is 2. The highest BCUT2D eigenvalue weighted by molar-refractivity contribution is 6.02. The quantitative estimate of drug-likeness (QED) is 0.745. The van der Waals surface area contributed by atoms with Crippen LogP contribution in [0.25, 0.3) is 0 Å². The Morgan fingerprint density at radius 3 is 2.47 bits per heavy atom. The van der Waals surface area contributed by atoms with E-state index in [0.717, 1.165) is 0 Å². The third-order valence-electron chi connectivity index (χ3n) is 4.86. The second-order valence-electron chi connectivity index (χ2n) is 7.71. The Kier molecular flexibility index (Phi) is 4.99. The Morgan fingerprint density at radius 2 is 1.73 bits per heavy atom. The number of fused-ring (bicyclic) bond motifs is 2. The number of benzene rings is 2. The van der Waals surface area contributed by atoms with Crippen molar-refractivity contribution in [2.75, 3.05) is 35.5 Å². The van der Waals surface area contributed by atoms with Crippen LogP contribution in [0.1, 0.15) is 13.8 Å². The van der Waals surface area contributed by atoms with E-state index in [2.05, 4.69) is 17.2 Å². The number of carbonyl (C=O) groups is 2. The van der Waals surface area contributed by atoms with Crippen molar-refractivity contribution in [1.82, 2.24) is 0 Å². The molecule has 4 rings (SSSR count). The van der Waals surface area contributed by atoms with Crippen molar-refractivity contribution in [2.24, 2.45) is 5.41 Å². The summed E-state index contributed by atoms with van der Waals surface area (Å²) in [6, 6.07) is 9.92. The molecule has 2 heterocycles. The Bertz CT molecular complexity index is 1020. The van der Waals surface area contributed by atoms with Gasteiger partial charge in [-0.25, -0.2) is 4.79 Å². The molecule has 0 bridgehead atoms. The third-order valence-corrected chi connectivity index (χ3v) is 4.86. The Morgan fingerprint density at radius 1 is 1.07 bits per heavy atom. The number of urea groups is 1. The fourth-order valence-electron chi connectivity index (χ4n) is 3.30. The molecule has 0 aromatic heterocycles. The van der Waals surface area contributed by atoms with E-state index >= 15 is 0 Å². The van der Waals surface area contributed by atoms with E-state index in [0.29, 0.717) is 40.9 Å². The van der Waals surface area contributed by atoms with Crippen molar-refractivity contribution >= 4 is 29.0 Å². The minimum absolute atomic E-state index is 0.0666. The molecule has 2 aromatic carbocycles. The van der Waals surface area contributed by atoms with Crippen LogP contribution in [0.3, 0.4) is 0 Å². The summed E-state index contributed by atoms with van der Waals surface area (Å²) in [7, 11) is 0. The Hall–Kier alpha value is -3.68. The summed E-state index contributed by atoms with van der Waals surface area (Å²) >= 11 is 0. The molecule has 0 saturated carbocycles. The molecule has 8 nitrogen and oxygen atoms in total. The molecule has 3 amide bonds. The highest BCUT2D eigenvalue weighted by Crippen LogP contribution is 2.38. The van der Waals surface area contributed by atoms with Crippen molar-refractivity contribution < 1.29 is 23.8 Å². The van der Waals surface area contributed by atoms with E-state index in [-0.39, 0.29) is 19.3 Å². The predicted octanol–water partition coefficient (Wildman–Crippen LogP) is 4.00. The molecule has 2 aliphatic rings. The summed E-state index contributed by atoms with van der Waals surface area (Å²) < 4.78 is 16.4. The fraction of sp³-hybridized carbons (Fsp3) is 0.273. The molecule has 156 valence electrons. The number of hydrogen-bond acceptors (Lipinski definition) is 5. The maximum atomic E-state index is 13.0. The Balaban J connectivity index is 1.53. The van der Waals surface area contributed by atoms with Gasteiger partial charge in [0.05, 0.1) is 11.1 Å². The van der Waals surface area contributed by atoms with Crippen molar-refractivity contribution in [2.45, 2.75) is 13.8 Å². The lowest BCUT2D eigenvalue weighted by Gasteiger charge is -2.27. The zero-order valence-corrected chi connectivity index (χ0v) is 16.9. The summed E-state index contributed by atoms with van der Waals surface area (Å²) in [5.74, 6) is 1.73. The van der Waals surface area contributed by atoms with Crippen molar-refractivity contribution in [3.05, 3.63) is 49.1 Å². The molecule has 8 heteroatoms. The molecule has 30 heavy (non-hydrogen) atoms. The maximum absolute atomic E-state index is 13.0. The number of hydrogen-bond donors (Lipinski definition) is 2. The maximum Gasteiger partial charge on any atom is 0.323 e. The largest absolute Gasteiger partial charge is 0.490 e. The van der Waals surface area contributed by atoms with Gasteiger partial charge < -0.3 is 29.7 Å². The van der Waals surface area contributed by atoms with Crippen molar-refractivity contribution in [3.8, 4) is 17.2 Å². The zero-order chi connectivity index (χ0) is 21.3. The smallest absolute Gasteiger partial charge is 0.323 e. The van der Waals surface area contributed by atoms with Gasteiger partial charge in [-0.05, 0) is 44.2 Å². The van der Waals surface area contributed by atoms with Crippen LogP contribution in [0.4, 0.5) is 21.9 Å². The van der Waals surface area contributed by atoms with E-state index in [1.54, 1.807) is 47.4 Å². The first kappa shape index (κ1) is 19.6. The molecule has 2 aromatic rings. The van der Waals surface area contributed by atoms with E-state index in [1.807, 2.05) is 13.8 Å². The van der Waals surface area contributed by atoms with Crippen LogP contribution in [0.5, 0.6) is 17.2 Å². The summed E-state index contributed by atoms with van der Waals surface area (Å²) in [5, 5.41) is 5.54. The van der Waals surface area contributed by atoms with Crippen LogP contribution in [-0.4, -0.2) is 31.9 Å². The second kappa shape index (κ2) is 7.62. The van der Waals surface area contributed by atoms with Gasteiger partial charge in [-0.2, -0.15) is 0 Å². The topological polar surface area (TPSA) is 89.1 Å². The standard InChI is InChI=1S/C22H23N3O5/c1-4-9-25-16-10-14(5-7-17(16)28-12-22(2,3)20(25)26)23-21(27)24-15-6-8-18-19(11-15)30-13-29-18/h4-8,10-11H,1,9,12-13H2,2-3H3,(H2,23,24,27). The van der Waals surface area contributed by atoms with Crippen molar-refractivity contribution in [3.63, 3.8) is 0 Å². The molecule has 0 saturated heterocycles. The predicted molar refractivity (Wildman–Crippen MR) is 113 cm³/mol. The lowest BCUT2D eigenvalue weighted by Crippen LogP contribution is -2.42. The van der Waals surface area contributed by atoms with E-state index in [9.17, 15) is 9.59 Å². The lowest BCUT2D eigenvalue weighted by atomic mass is 9.93. The minimum atomic E-state index is -0.674. The number of anilines is 3. The number of nitrogens with one attached hydrogen (secondary N) is 2. The number of nitrogens with zero attached hydrogens (tertiary/aromatic N) is 1. The van der Waals surface area contributed by atoms with E-state index < -0.39 is 11.4 Å². The monoisotopic (exact) mass is 409 g/mol. The molecule has 0 spiro atoms. The van der Waals surface area contributed by atoms with Crippen molar-refractivity contribution in [1.29, 1.82) is 0 Å². The Labute approximate surface area is 174 Å². The molecular weight excluding hydrogens is 386 g/mol. The van der Waals surface area contributed by atoms with Gasteiger partial charge in [0.2, 0.25) is 12.7 Å². The van der Waals surface area contributed by atoms with Crippen LogP contribution in [0.15, 0.2) is 49.1 Å². The summed E-state index contributed by atoms with van der Waals surface area (Å²) in [6.07, 6.45) is 1.66. The van der Waals surface area contributed by atoms with Gasteiger partial charge in [0.1, 0.15) is 12.4 Å². The molecular formula is C22H23N3O5. The number of ether oxygens (including phenoxy) is 3. The molecule has 0 aliphatic carbocycles. The number of rotatable bonds is 4. The first-order valence-corrected chi connectivity index (χ1v) is 9.55. The van der Waals surface area contributed by atoms with Gasteiger partial charge >= 0.3 is 6.03 Å². The lowest BCUT2D eigenvalue weighted by molar-refractivity contribution is -0.127. The van der Waals surface area contributed by atoms with Gasteiger partial charge in [-0.15, -0.1) is 6.58 Å². The molecule has 0 fully saturated rings. The van der Waals surface area contributed by atoms with E-state index in [1.165, 1.54) is 0 Å². The van der Waals surface area contributed by atoms with Crippen LogP contribution < -0.4 is 29.7 Å².